The summed E-state index contributed by atoms with van der Waals surface area (Å²) in [5, 5.41) is 0.671. The van der Waals surface area contributed by atoms with Crippen molar-refractivity contribution in [2.24, 2.45) is 0 Å². The number of anilines is 1. The van der Waals surface area contributed by atoms with Crippen LogP contribution in [0.5, 0.6) is 0 Å². The van der Waals surface area contributed by atoms with Crippen LogP contribution in [0.4, 0.5) is 5.69 Å². The molecule has 0 aliphatic carbocycles. The fraction of sp³-hybridized carbons (Fsp3) is 0.400. The summed E-state index contributed by atoms with van der Waals surface area (Å²) in [6.07, 6.45) is 0. The zero-order valence-corrected chi connectivity index (χ0v) is 10.3. The third kappa shape index (κ3) is 3.61. The lowest BCUT2D eigenvalue weighted by Crippen LogP contribution is -1.92. The topological polar surface area (TPSA) is 26.0 Å². The van der Waals surface area contributed by atoms with Crippen LogP contribution in [-0.2, 0) is 5.75 Å². The molecule has 0 spiro atoms. The number of thioether (sulfide) groups is 1. The first-order valence-corrected chi connectivity index (χ1v) is 6.09. The Hall–Kier alpha value is -0.150. The number of halogens is 1. The largest absolute Gasteiger partial charge is 0.398 e. The second kappa shape index (κ2) is 4.91. The van der Waals surface area contributed by atoms with Crippen LogP contribution in [0, 0.1) is 0 Å². The van der Waals surface area contributed by atoms with E-state index in [0.29, 0.717) is 5.25 Å². The summed E-state index contributed by atoms with van der Waals surface area (Å²) in [6.45, 7) is 4.40. The fourth-order valence-electron chi connectivity index (χ4n) is 0.946. The van der Waals surface area contributed by atoms with Gasteiger partial charge in [-0.3, -0.25) is 0 Å². The van der Waals surface area contributed by atoms with Crippen LogP contribution >= 0.6 is 27.7 Å². The number of nitrogens with two attached hydrogens (primary N) is 1. The minimum Gasteiger partial charge on any atom is -0.398 e. The van der Waals surface area contributed by atoms with Crippen LogP contribution in [-0.4, -0.2) is 5.25 Å². The maximum atomic E-state index is 5.77. The first kappa shape index (κ1) is 10.9. The third-order valence-electron chi connectivity index (χ3n) is 1.64. The van der Waals surface area contributed by atoms with Crippen molar-refractivity contribution in [1.29, 1.82) is 0 Å². The Morgan fingerprint density at radius 3 is 2.69 bits per heavy atom. The van der Waals surface area contributed by atoms with Crippen molar-refractivity contribution < 1.29 is 0 Å². The minimum atomic E-state index is 0.671. The smallest absolute Gasteiger partial charge is 0.0461 e. The quantitative estimate of drug-likeness (QED) is 0.839. The van der Waals surface area contributed by atoms with Gasteiger partial charge < -0.3 is 5.73 Å². The maximum absolute atomic E-state index is 5.77. The fourth-order valence-corrected chi connectivity index (χ4v) is 1.90. The third-order valence-corrected chi connectivity index (χ3v) is 3.53. The van der Waals surface area contributed by atoms with E-state index in [1.165, 1.54) is 5.56 Å². The van der Waals surface area contributed by atoms with E-state index in [-0.39, 0.29) is 0 Å². The molecule has 0 bridgehead atoms. The molecule has 0 aliphatic heterocycles. The van der Waals surface area contributed by atoms with Crippen LogP contribution in [0.15, 0.2) is 22.7 Å². The van der Waals surface area contributed by atoms with E-state index >= 15 is 0 Å². The zero-order valence-electron chi connectivity index (χ0n) is 7.88. The molecular formula is C10H14BrNS. The number of rotatable bonds is 3. The van der Waals surface area contributed by atoms with Crippen molar-refractivity contribution in [3.63, 3.8) is 0 Å². The molecule has 1 aromatic carbocycles. The maximum Gasteiger partial charge on any atom is 0.0461 e. The molecule has 0 atom stereocenters. The van der Waals surface area contributed by atoms with Gasteiger partial charge in [0.1, 0.15) is 0 Å². The number of hydrogen-bond donors (Lipinski definition) is 1. The lowest BCUT2D eigenvalue weighted by Gasteiger charge is -2.06. The first-order valence-electron chi connectivity index (χ1n) is 4.25. The Bertz CT molecular complexity index is 286. The summed E-state index contributed by atoms with van der Waals surface area (Å²) >= 11 is 5.31. The van der Waals surface area contributed by atoms with Gasteiger partial charge in [0.15, 0.2) is 0 Å². The van der Waals surface area contributed by atoms with Gasteiger partial charge in [0.2, 0.25) is 0 Å². The van der Waals surface area contributed by atoms with Crippen LogP contribution < -0.4 is 5.73 Å². The van der Waals surface area contributed by atoms with E-state index in [1.54, 1.807) is 0 Å². The van der Waals surface area contributed by atoms with Gasteiger partial charge in [-0.15, -0.1) is 0 Å². The molecule has 0 saturated carbocycles. The molecule has 0 aliphatic rings. The van der Waals surface area contributed by atoms with E-state index < -0.39 is 0 Å². The molecule has 1 aromatic rings. The van der Waals surface area contributed by atoms with Crippen molar-refractivity contribution >= 4 is 33.4 Å². The molecule has 2 N–H and O–H groups in total. The Morgan fingerprint density at radius 1 is 1.46 bits per heavy atom. The Balaban J connectivity index is 2.63. The predicted octanol–water partition coefficient (Wildman–Crippen LogP) is 3.67. The molecule has 0 saturated heterocycles. The Labute approximate surface area is 92.2 Å². The summed E-state index contributed by atoms with van der Waals surface area (Å²) in [5.41, 5.74) is 7.88. The monoisotopic (exact) mass is 259 g/mol. The van der Waals surface area contributed by atoms with E-state index in [2.05, 4.69) is 35.8 Å². The summed E-state index contributed by atoms with van der Waals surface area (Å²) in [6, 6.07) is 6.14. The van der Waals surface area contributed by atoms with E-state index in [4.69, 9.17) is 5.73 Å². The van der Waals surface area contributed by atoms with Crippen molar-refractivity contribution in [1.82, 2.24) is 0 Å². The predicted molar refractivity (Wildman–Crippen MR) is 65.0 cm³/mol. The molecule has 0 radical (unpaired) electrons. The lowest BCUT2D eigenvalue weighted by atomic mass is 10.2. The zero-order chi connectivity index (χ0) is 9.84. The standard InChI is InChI=1S/C10H14BrNS/c1-7(2)13-6-8-3-4-9(11)10(12)5-8/h3-5,7H,6,12H2,1-2H3. The lowest BCUT2D eigenvalue weighted by molar-refractivity contribution is 1.11. The van der Waals surface area contributed by atoms with Crippen LogP contribution in [0.2, 0.25) is 0 Å². The highest BCUT2D eigenvalue weighted by molar-refractivity contribution is 9.10. The average molecular weight is 260 g/mol. The SMILES string of the molecule is CC(C)SCc1ccc(Br)c(N)c1. The number of nitrogen functional groups attached to an aromatic ring is 1. The molecule has 0 unspecified atom stereocenters. The van der Waals surface area contributed by atoms with Gasteiger partial charge in [0.25, 0.3) is 0 Å². The van der Waals surface area contributed by atoms with Gasteiger partial charge in [0.05, 0.1) is 0 Å². The van der Waals surface area contributed by atoms with Crippen molar-refractivity contribution in [2.45, 2.75) is 24.9 Å². The summed E-state index contributed by atoms with van der Waals surface area (Å²) in [4.78, 5) is 0. The van der Waals surface area contributed by atoms with Gasteiger partial charge in [-0.1, -0.05) is 19.9 Å². The minimum absolute atomic E-state index is 0.671. The Morgan fingerprint density at radius 2 is 2.15 bits per heavy atom. The molecule has 0 heterocycles. The highest BCUT2D eigenvalue weighted by Crippen LogP contribution is 2.23. The van der Waals surface area contributed by atoms with Crippen LogP contribution in [0.25, 0.3) is 0 Å². The van der Waals surface area contributed by atoms with Crippen LogP contribution in [0.1, 0.15) is 19.4 Å². The van der Waals surface area contributed by atoms with Crippen molar-refractivity contribution in [3.8, 4) is 0 Å². The van der Waals surface area contributed by atoms with Gasteiger partial charge in [-0.2, -0.15) is 11.8 Å². The van der Waals surface area contributed by atoms with E-state index in [9.17, 15) is 0 Å². The molecule has 0 fully saturated rings. The summed E-state index contributed by atoms with van der Waals surface area (Å²) < 4.78 is 0.978. The number of hydrogen-bond acceptors (Lipinski definition) is 2. The second-order valence-electron chi connectivity index (χ2n) is 3.22. The first-order chi connectivity index (χ1) is 6.09. The molecule has 0 amide bonds. The molecule has 1 rings (SSSR count). The van der Waals surface area contributed by atoms with Gasteiger partial charge in [-0.25, -0.2) is 0 Å². The molecular weight excluding hydrogens is 246 g/mol. The normalized spacial score (nSPS) is 10.8. The van der Waals surface area contributed by atoms with E-state index in [1.807, 2.05) is 23.9 Å². The average Bonchev–Trinajstić information content (AvgIpc) is 2.07. The molecule has 3 heteroatoms. The second-order valence-corrected chi connectivity index (χ2v) is 5.63. The Kier molecular flexibility index (Phi) is 4.13. The molecule has 0 aromatic heterocycles. The van der Waals surface area contributed by atoms with Crippen molar-refractivity contribution in [3.05, 3.63) is 28.2 Å². The van der Waals surface area contributed by atoms with Crippen molar-refractivity contribution in [2.75, 3.05) is 5.73 Å². The van der Waals surface area contributed by atoms with Crippen LogP contribution in [0.3, 0.4) is 0 Å². The highest BCUT2D eigenvalue weighted by Gasteiger charge is 1.99. The van der Waals surface area contributed by atoms with Gasteiger partial charge in [-0.05, 0) is 38.9 Å². The summed E-state index contributed by atoms with van der Waals surface area (Å²) in [5.74, 6) is 1.04. The highest BCUT2D eigenvalue weighted by atomic mass is 79.9. The summed E-state index contributed by atoms with van der Waals surface area (Å²) in [7, 11) is 0. The molecule has 1 nitrogen and oxygen atoms in total. The van der Waals surface area contributed by atoms with Gasteiger partial charge >= 0.3 is 0 Å². The van der Waals surface area contributed by atoms with Gasteiger partial charge in [0, 0.05) is 15.9 Å². The molecule has 13 heavy (non-hydrogen) atoms. The number of benzene rings is 1. The molecule has 72 valence electrons. The van der Waals surface area contributed by atoms with E-state index in [0.717, 1.165) is 15.9 Å².